The summed E-state index contributed by atoms with van der Waals surface area (Å²) in [6.07, 6.45) is 0.306. The molecule has 7 heteroatoms. The molecule has 1 aromatic heterocycles. The first-order valence-electron chi connectivity index (χ1n) is 7.22. The van der Waals surface area contributed by atoms with Gasteiger partial charge in [-0.15, -0.1) is 10.2 Å². The first-order chi connectivity index (χ1) is 11.7. The standard InChI is InChI=1S/C17H14N4O2S/c22-15(10-12-4-2-1-3-5-12)19-14-8-6-13(7-9-14)16(23)20-17-21-18-11-24-17/h1-9,11H,10H2,(H,19,22)(H,20,21,23). The summed E-state index contributed by atoms with van der Waals surface area (Å²) in [7, 11) is 0. The van der Waals surface area contributed by atoms with Gasteiger partial charge in [0.15, 0.2) is 0 Å². The molecule has 3 aromatic rings. The summed E-state index contributed by atoms with van der Waals surface area (Å²) < 4.78 is 0. The summed E-state index contributed by atoms with van der Waals surface area (Å²) in [6, 6.07) is 16.2. The molecular formula is C17H14N4O2S. The van der Waals surface area contributed by atoms with Crippen LogP contribution in [-0.4, -0.2) is 22.0 Å². The second-order valence-electron chi connectivity index (χ2n) is 4.99. The van der Waals surface area contributed by atoms with E-state index in [0.29, 0.717) is 22.8 Å². The van der Waals surface area contributed by atoms with Crippen molar-refractivity contribution in [2.45, 2.75) is 6.42 Å². The van der Waals surface area contributed by atoms with Gasteiger partial charge >= 0.3 is 0 Å². The van der Waals surface area contributed by atoms with E-state index in [0.717, 1.165) is 5.56 Å². The SMILES string of the molecule is O=C(Cc1ccccc1)Nc1ccc(C(=O)Nc2nncs2)cc1. The van der Waals surface area contributed by atoms with Crippen molar-refractivity contribution in [2.24, 2.45) is 0 Å². The fourth-order valence-corrected chi connectivity index (χ4v) is 2.53. The molecule has 24 heavy (non-hydrogen) atoms. The molecule has 0 bridgehead atoms. The third-order valence-corrected chi connectivity index (χ3v) is 3.83. The van der Waals surface area contributed by atoms with Gasteiger partial charge in [0.25, 0.3) is 5.91 Å². The number of hydrogen-bond acceptors (Lipinski definition) is 5. The Morgan fingerprint density at radius 1 is 0.958 bits per heavy atom. The average molecular weight is 338 g/mol. The fourth-order valence-electron chi connectivity index (χ4n) is 2.09. The zero-order valence-electron chi connectivity index (χ0n) is 12.6. The van der Waals surface area contributed by atoms with Crippen LogP contribution in [0.5, 0.6) is 0 Å². The number of nitrogens with one attached hydrogen (secondary N) is 2. The van der Waals surface area contributed by atoms with E-state index in [9.17, 15) is 9.59 Å². The topological polar surface area (TPSA) is 84.0 Å². The Morgan fingerprint density at radius 3 is 2.38 bits per heavy atom. The van der Waals surface area contributed by atoms with Gasteiger partial charge in [0.1, 0.15) is 5.51 Å². The quantitative estimate of drug-likeness (QED) is 0.749. The van der Waals surface area contributed by atoms with Crippen molar-refractivity contribution >= 4 is 34.0 Å². The number of amides is 2. The summed E-state index contributed by atoms with van der Waals surface area (Å²) in [4.78, 5) is 24.0. The zero-order chi connectivity index (χ0) is 16.8. The number of hydrogen-bond donors (Lipinski definition) is 2. The highest BCUT2D eigenvalue weighted by molar-refractivity contribution is 7.13. The molecule has 120 valence electrons. The highest BCUT2D eigenvalue weighted by Crippen LogP contribution is 2.14. The van der Waals surface area contributed by atoms with E-state index in [1.807, 2.05) is 30.3 Å². The van der Waals surface area contributed by atoms with Crippen molar-refractivity contribution in [3.63, 3.8) is 0 Å². The lowest BCUT2D eigenvalue weighted by Gasteiger charge is -2.06. The lowest BCUT2D eigenvalue weighted by atomic mass is 10.1. The summed E-state index contributed by atoms with van der Waals surface area (Å²) >= 11 is 1.25. The van der Waals surface area contributed by atoms with E-state index in [1.165, 1.54) is 11.3 Å². The molecule has 0 saturated carbocycles. The molecule has 0 spiro atoms. The van der Waals surface area contributed by atoms with Crippen LogP contribution in [0, 0.1) is 0 Å². The van der Waals surface area contributed by atoms with Gasteiger partial charge in [0, 0.05) is 11.3 Å². The molecule has 0 aliphatic carbocycles. The van der Waals surface area contributed by atoms with Crippen molar-refractivity contribution in [2.75, 3.05) is 10.6 Å². The van der Waals surface area contributed by atoms with Crippen molar-refractivity contribution in [3.8, 4) is 0 Å². The molecular weight excluding hydrogens is 324 g/mol. The lowest BCUT2D eigenvalue weighted by molar-refractivity contribution is -0.115. The number of benzene rings is 2. The summed E-state index contributed by atoms with van der Waals surface area (Å²) in [5, 5.41) is 13.3. The first kappa shape index (κ1) is 15.8. The van der Waals surface area contributed by atoms with Crippen molar-refractivity contribution < 1.29 is 9.59 Å². The Hall–Kier alpha value is -3.06. The minimum atomic E-state index is -0.270. The molecule has 0 fully saturated rings. The molecule has 2 amide bonds. The maximum absolute atomic E-state index is 12.0. The molecule has 0 atom stereocenters. The molecule has 0 radical (unpaired) electrons. The van der Waals surface area contributed by atoms with Crippen LogP contribution < -0.4 is 10.6 Å². The average Bonchev–Trinajstić information content (AvgIpc) is 3.09. The smallest absolute Gasteiger partial charge is 0.257 e. The number of aromatic nitrogens is 2. The van der Waals surface area contributed by atoms with E-state index >= 15 is 0 Å². The highest BCUT2D eigenvalue weighted by Gasteiger charge is 2.09. The van der Waals surface area contributed by atoms with Crippen molar-refractivity contribution in [1.82, 2.24) is 10.2 Å². The Balaban J connectivity index is 1.58. The molecule has 0 aliphatic heterocycles. The van der Waals surface area contributed by atoms with E-state index in [4.69, 9.17) is 0 Å². The van der Waals surface area contributed by atoms with Gasteiger partial charge < -0.3 is 5.32 Å². The summed E-state index contributed by atoms with van der Waals surface area (Å²) in [6.45, 7) is 0. The van der Waals surface area contributed by atoms with E-state index in [2.05, 4.69) is 20.8 Å². The summed E-state index contributed by atoms with van der Waals surface area (Å²) in [5.41, 5.74) is 3.61. The Kier molecular flexibility index (Phi) is 4.93. The predicted octanol–water partition coefficient (Wildman–Crippen LogP) is 2.97. The fraction of sp³-hybridized carbons (Fsp3) is 0.0588. The third kappa shape index (κ3) is 4.23. The van der Waals surface area contributed by atoms with Gasteiger partial charge in [-0.3, -0.25) is 14.9 Å². The Morgan fingerprint density at radius 2 is 1.71 bits per heavy atom. The van der Waals surface area contributed by atoms with E-state index < -0.39 is 0 Å². The molecule has 2 aromatic carbocycles. The van der Waals surface area contributed by atoms with Gasteiger partial charge in [-0.05, 0) is 29.8 Å². The van der Waals surface area contributed by atoms with Crippen LogP contribution in [0.3, 0.4) is 0 Å². The molecule has 0 aliphatic rings. The molecule has 3 rings (SSSR count). The minimum Gasteiger partial charge on any atom is -0.326 e. The van der Waals surface area contributed by atoms with Crippen LogP contribution in [0.2, 0.25) is 0 Å². The second-order valence-corrected chi connectivity index (χ2v) is 5.82. The van der Waals surface area contributed by atoms with E-state index in [1.54, 1.807) is 29.8 Å². The predicted molar refractivity (Wildman–Crippen MR) is 93.1 cm³/mol. The van der Waals surface area contributed by atoms with Crippen LogP contribution in [-0.2, 0) is 11.2 Å². The molecule has 0 saturated heterocycles. The highest BCUT2D eigenvalue weighted by atomic mass is 32.1. The van der Waals surface area contributed by atoms with Crippen molar-refractivity contribution in [1.29, 1.82) is 0 Å². The van der Waals surface area contributed by atoms with Crippen LogP contribution in [0.15, 0.2) is 60.1 Å². The number of nitrogens with zero attached hydrogens (tertiary/aromatic N) is 2. The van der Waals surface area contributed by atoms with Gasteiger partial charge in [0.05, 0.1) is 6.42 Å². The monoisotopic (exact) mass is 338 g/mol. The zero-order valence-corrected chi connectivity index (χ0v) is 13.4. The minimum absolute atomic E-state index is 0.104. The van der Waals surface area contributed by atoms with Gasteiger partial charge in [-0.1, -0.05) is 41.7 Å². The van der Waals surface area contributed by atoms with E-state index in [-0.39, 0.29) is 11.8 Å². The normalized spacial score (nSPS) is 10.2. The molecule has 1 heterocycles. The Labute approximate surface area is 142 Å². The third-order valence-electron chi connectivity index (χ3n) is 3.22. The summed E-state index contributed by atoms with van der Waals surface area (Å²) in [5.74, 6) is -0.374. The lowest BCUT2D eigenvalue weighted by Crippen LogP contribution is -2.15. The van der Waals surface area contributed by atoms with Gasteiger partial charge in [0.2, 0.25) is 11.0 Å². The first-order valence-corrected chi connectivity index (χ1v) is 8.10. The van der Waals surface area contributed by atoms with Crippen LogP contribution in [0.4, 0.5) is 10.8 Å². The van der Waals surface area contributed by atoms with Crippen LogP contribution >= 0.6 is 11.3 Å². The number of anilines is 2. The maximum atomic E-state index is 12.0. The molecule has 2 N–H and O–H groups in total. The number of carbonyl (C=O) groups excluding carboxylic acids is 2. The largest absolute Gasteiger partial charge is 0.326 e. The molecule has 6 nitrogen and oxygen atoms in total. The van der Waals surface area contributed by atoms with Crippen molar-refractivity contribution in [3.05, 3.63) is 71.2 Å². The maximum Gasteiger partial charge on any atom is 0.257 e. The van der Waals surface area contributed by atoms with Gasteiger partial charge in [-0.25, -0.2) is 0 Å². The second kappa shape index (κ2) is 7.47. The number of carbonyl (C=O) groups is 2. The van der Waals surface area contributed by atoms with Gasteiger partial charge in [-0.2, -0.15) is 0 Å². The van der Waals surface area contributed by atoms with Crippen LogP contribution in [0.1, 0.15) is 15.9 Å². The molecule has 0 unspecified atom stereocenters. The van der Waals surface area contributed by atoms with Crippen LogP contribution in [0.25, 0.3) is 0 Å². The Bertz CT molecular complexity index is 818. The number of rotatable bonds is 5.